The molecule has 0 aromatic carbocycles. The number of ether oxygens (including phenoxy) is 4. The Kier molecular flexibility index (Phi) is 13.1. The van der Waals surface area contributed by atoms with Crippen molar-refractivity contribution in [3.8, 4) is 0 Å². The Labute approximate surface area is 211 Å². The van der Waals surface area contributed by atoms with E-state index in [1.54, 1.807) is 0 Å². The van der Waals surface area contributed by atoms with Crippen LogP contribution in [0.3, 0.4) is 0 Å². The van der Waals surface area contributed by atoms with Gasteiger partial charge in [0.2, 0.25) is 6.29 Å². The standard InChI is InChI=1S/C24H38N4O8/c1-4-35-24-19(7-11-33-13-14-34-12-10-29)20(17(2)3)15-21(36-24)23(30)26-9-8-25-22-6-5-18(16-27-22)28(31)32/h5-6,15-17,19-20,24,29H,4,7-14H2,1-3H3,(H,25,27)(H,26,30)/t19-,20+,24+/m1/s1. The molecular formula is C24H38N4O8. The molecule has 1 aliphatic heterocycles. The first-order valence-corrected chi connectivity index (χ1v) is 12.3. The Morgan fingerprint density at radius 2 is 1.97 bits per heavy atom. The van der Waals surface area contributed by atoms with Crippen LogP contribution in [0.15, 0.2) is 30.2 Å². The molecule has 0 spiro atoms. The number of nitro groups is 1. The van der Waals surface area contributed by atoms with E-state index >= 15 is 0 Å². The van der Waals surface area contributed by atoms with E-state index in [1.807, 2.05) is 13.0 Å². The maximum absolute atomic E-state index is 12.8. The zero-order chi connectivity index (χ0) is 26.3. The molecule has 0 fully saturated rings. The Morgan fingerprint density at radius 3 is 2.58 bits per heavy atom. The van der Waals surface area contributed by atoms with Gasteiger partial charge in [-0.25, -0.2) is 4.98 Å². The molecule has 2 heterocycles. The van der Waals surface area contributed by atoms with E-state index in [0.717, 1.165) is 0 Å². The number of hydrogen-bond acceptors (Lipinski definition) is 10. The summed E-state index contributed by atoms with van der Waals surface area (Å²) in [7, 11) is 0. The van der Waals surface area contributed by atoms with Gasteiger partial charge in [0.15, 0.2) is 5.76 Å². The second kappa shape index (κ2) is 16.0. The van der Waals surface area contributed by atoms with E-state index in [1.165, 1.54) is 18.3 Å². The van der Waals surface area contributed by atoms with Crippen LogP contribution in [0, 0.1) is 27.9 Å². The first kappa shape index (κ1) is 29.4. The predicted molar refractivity (Wildman–Crippen MR) is 132 cm³/mol. The molecule has 3 atom stereocenters. The number of aromatic nitrogens is 1. The fraction of sp³-hybridized carbons (Fsp3) is 0.667. The third-order valence-electron chi connectivity index (χ3n) is 5.63. The Morgan fingerprint density at radius 1 is 1.22 bits per heavy atom. The minimum absolute atomic E-state index is 0.0126. The fourth-order valence-corrected chi connectivity index (χ4v) is 3.86. The zero-order valence-corrected chi connectivity index (χ0v) is 21.2. The Bertz CT molecular complexity index is 834. The first-order chi connectivity index (χ1) is 17.4. The summed E-state index contributed by atoms with van der Waals surface area (Å²) in [5.74, 6) is 0.717. The molecule has 1 aliphatic rings. The van der Waals surface area contributed by atoms with Crippen LogP contribution in [0.25, 0.3) is 0 Å². The minimum Gasteiger partial charge on any atom is -0.459 e. The summed E-state index contributed by atoms with van der Waals surface area (Å²) in [4.78, 5) is 27.0. The molecule has 12 heteroatoms. The van der Waals surface area contributed by atoms with Gasteiger partial charge < -0.3 is 34.7 Å². The van der Waals surface area contributed by atoms with Gasteiger partial charge in [0.1, 0.15) is 12.0 Å². The quantitative estimate of drug-likeness (QED) is 0.161. The highest BCUT2D eigenvalue weighted by atomic mass is 16.7. The van der Waals surface area contributed by atoms with Crippen LogP contribution in [-0.2, 0) is 23.7 Å². The zero-order valence-electron chi connectivity index (χ0n) is 21.2. The number of hydrogen-bond donors (Lipinski definition) is 3. The third kappa shape index (κ3) is 9.69. The van der Waals surface area contributed by atoms with Crippen molar-refractivity contribution in [2.24, 2.45) is 17.8 Å². The molecule has 2 rings (SSSR count). The van der Waals surface area contributed by atoms with E-state index in [0.29, 0.717) is 58.4 Å². The number of aliphatic hydroxyl groups excluding tert-OH is 1. The normalized spacial score (nSPS) is 19.5. The van der Waals surface area contributed by atoms with Crippen molar-refractivity contribution < 1.29 is 33.8 Å². The molecule has 0 bridgehead atoms. The van der Waals surface area contributed by atoms with E-state index in [9.17, 15) is 14.9 Å². The van der Waals surface area contributed by atoms with Crippen molar-refractivity contribution in [1.82, 2.24) is 10.3 Å². The average Bonchev–Trinajstić information content (AvgIpc) is 2.86. The van der Waals surface area contributed by atoms with E-state index in [4.69, 9.17) is 24.1 Å². The summed E-state index contributed by atoms with van der Waals surface area (Å²) in [5, 5.41) is 25.3. The Balaban J connectivity index is 1.88. The Hall–Kier alpha value is -2.80. The maximum Gasteiger partial charge on any atom is 0.287 e. The van der Waals surface area contributed by atoms with Crippen molar-refractivity contribution in [2.75, 3.05) is 58.0 Å². The smallest absolute Gasteiger partial charge is 0.287 e. The van der Waals surface area contributed by atoms with Gasteiger partial charge in [-0.2, -0.15) is 0 Å². The molecule has 0 unspecified atom stereocenters. The van der Waals surface area contributed by atoms with E-state index < -0.39 is 11.2 Å². The van der Waals surface area contributed by atoms with Gasteiger partial charge in [-0.15, -0.1) is 0 Å². The highest BCUT2D eigenvalue weighted by Gasteiger charge is 2.38. The topological polar surface area (TPSA) is 154 Å². The van der Waals surface area contributed by atoms with Crippen LogP contribution in [-0.4, -0.2) is 79.9 Å². The van der Waals surface area contributed by atoms with Crippen LogP contribution in [0.2, 0.25) is 0 Å². The van der Waals surface area contributed by atoms with Gasteiger partial charge in [-0.05, 0) is 37.3 Å². The van der Waals surface area contributed by atoms with E-state index in [2.05, 4.69) is 29.5 Å². The van der Waals surface area contributed by atoms with Gasteiger partial charge >= 0.3 is 0 Å². The summed E-state index contributed by atoms with van der Waals surface area (Å²) in [5.41, 5.74) is -0.0873. The largest absolute Gasteiger partial charge is 0.459 e. The predicted octanol–water partition coefficient (Wildman–Crippen LogP) is 2.10. The summed E-state index contributed by atoms with van der Waals surface area (Å²) in [6.07, 6.45) is 3.18. The third-order valence-corrected chi connectivity index (χ3v) is 5.63. The maximum atomic E-state index is 12.8. The highest BCUT2D eigenvalue weighted by Crippen LogP contribution is 2.36. The minimum atomic E-state index is -0.565. The molecule has 0 saturated heterocycles. The van der Waals surface area contributed by atoms with Crippen molar-refractivity contribution in [3.05, 3.63) is 40.3 Å². The van der Waals surface area contributed by atoms with Gasteiger partial charge in [-0.1, -0.05) is 13.8 Å². The van der Waals surface area contributed by atoms with E-state index in [-0.39, 0.29) is 41.7 Å². The number of pyridine rings is 1. The molecule has 1 amide bonds. The molecule has 36 heavy (non-hydrogen) atoms. The molecule has 1 aromatic heterocycles. The lowest BCUT2D eigenvalue weighted by Gasteiger charge is -2.38. The molecule has 0 saturated carbocycles. The van der Waals surface area contributed by atoms with Crippen molar-refractivity contribution in [2.45, 2.75) is 33.5 Å². The number of amides is 1. The molecule has 202 valence electrons. The van der Waals surface area contributed by atoms with Gasteiger partial charge in [-0.3, -0.25) is 14.9 Å². The molecule has 0 aliphatic carbocycles. The van der Waals surface area contributed by atoms with Gasteiger partial charge in [0.05, 0.1) is 31.4 Å². The summed E-state index contributed by atoms with van der Waals surface area (Å²) < 4.78 is 22.7. The van der Waals surface area contributed by atoms with Crippen LogP contribution >= 0.6 is 0 Å². The number of rotatable bonds is 17. The lowest BCUT2D eigenvalue weighted by molar-refractivity contribution is -0.385. The van der Waals surface area contributed by atoms with Crippen LogP contribution in [0.1, 0.15) is 27.2 Å². The number of anilines is 1. The number of carbonyl (C=O) groups excluding carboxylic acids is 1. The summed E-state index contributed by atoms with van der Waals surface area (Å²) in [6.45, 7) is 8.86. The number of aliphatic hydroxyl groups is 1. The van der Waals surface area contributed by atoms with Crippen LogP contribution in [0.5, 0.6) is 0 Å². The molecule has 1 aromatic rings. The van der Waals surface area contributed by atoms with Crippen molar-refractivity contribution >= 4 is 17.4 Å². The highest BCUT2D eigenvalue weighted by molar-refractivity contribution is 5.91. The van der Waals surface area contributed by atoms with Crippen LogP contribution < -0.4 is 10.6 Å². The van der Waals surface area contributed by atoms with Gasteiger partial charge in [0.25, 0.3) is 11.6 Å². The molecule has 0 radical (unpaired) electrons. The number of allylic oxidation sites excluding steroid dienone is 1. The lowest BCUT2D eigenvalue weighted by Crippen LogP contribution is -2.42. The SMILES string of the molecule is CCO[C@H]1OC(C(=O)NCCNc2ccc([N+](=O)[O-])cn2)=C[C@@H](C(C)C)[C@H]1CCOCCOCCO. The first-order valence-electron chi connectivity index (χ1n) is 12.3. The fourth-order valence-electron chi connectivity index (χ4n) is 3.86. The number of carbonyl (C=O) groups is 1. The van der Waals surface area contributed by atoms with Crippen LogP contribution in [0.4, 0.5) is 11.5 Å². The molecular weight excluding hydrogens is 472 g/mol. The van der Waals surface area contributed by atoms with Gasteiger partial charge in [0, 0.05) is 38.3 Å². The second-order valence-corrected chi connectivity index (χ2v) is 8.54. The lowest BCUT2D eigenvalue weighted by atomic mass is 9.79. The summed E-state index contributed by atoms with van der Waals surface area (Å²) >= 11 is 0. The van der Waals surface area contributed by atoms with Crippen molar-refractivity contribution in [3.63, 3.8) is 0 Å². The van der Waals surface area contributed by atoms with Crippen molar-refractivity contribution in [1.29, 1.82) is 0 Å². The second-order valence-electron chi connectivity index (χ2n) is 8.54. The monoisotopic (exact) mass is 510 g/mol. The average molecular weight is 511 g/mol. The number of nitrogens with zero attached hydrogens (tertiary/aromatic N) is 2. The number of nitrogens with one attached hydrogen (secondary N) is 2. The molecule has 12 nitrogen and oxygen atoms in total. The summed E-state index contributed by atoms with van der Waals surface area (Å²) in [6, 6.07) is 2.87. The molecule has 3 N–H and O–H groups in total.